The molecule has 0 bridgehead atoms. The van der Waals surface area contributed by atoms with Crippen molar-refractivity contribution in [3.63, 3.8) is 0 Å². The zero-order valence-electron chi connectivity index (χ0n) is 14.5. The molecule has 2 atom stereocenters. The summed E-state index contributed by atoms with van der Waals surface area (Å²) in [6.45, 7) is 3.87. The molecule has 0 radical (unpaired) electrons. The minimum Gasteiger partial charge on any atom is -0.349 e. The first kappa shape index (κ1) is 19.2. The zero-order valence-corrected chi connectivity index (χ0v) is 16.0. The number of carbonyl (C=O) groups excluding carboxylic acids is 2. The molecule has 2 rings (SSSR count). The molecular weight excluding hydrogens is 380 g/mol. The summed E-state index contributed by atoms with van der Waals surface area (Å²) in [6.07, 6.45) is 1.05. The van der Waals surface area contributed by atoms with Crippen molar-refractivity contribution in [3.8, 4) is 0 Å². The molecule has 2 amide bonds. The molecule has 0 heterocycles. The van der Waals surface area contributed by atoms with E-state index in [-0.39, 0.29) is 30.3 Å². The summed E-state index contributed by atoms with van der Waals surface area (Å²) in [7, 11) is 0. The van der Waals surface area contributed by atoms with Crippen molar-refractivity contribution < 1.29 is 9.59 Å². The molecule has 0 saturated heterocycles. The van der Waals surface area contributed by atoms with Crippen molar-refractivity contribution in [2.75, 3.05) is 0 Å². The van der Waals surface area contributed by atoms with Gasteiger partial charge in [-0.2, -0.15) is 0 Å². The SMILES string of the molecule is CCC(NC(=O)CC(C)NC(=O)c1ccccc1)c1ccc(Br)cc1. The number of benzene rings is 2. The second-order valence-electron chi connectivity index (χ2n) is 6.02. The van der Waals surface area contributed by atoms with Crippen LogP contribution in [0.1, 0.15) is 48.7 Å². The minimum atomic E-state index is -0.241. The fraction of sp³-hybridized carbons (Fsp3) is 0.300. The van der Waals surface area contributed by atoms with Gasteiger partial charge in [-0.3, -0.25) is 9.59 Å². The molecule has 2 aromatic rings. The predicted molar refractivity (Wildman–Crippen MR) is 103 cm³/mol. The third-order valence-corrected chi connectivity index (χ3v) is 4.45. The Bertz CT molecular complexity index is 701. The van der Waals surface area contributed by atoms with Crippen LogP contribution >= 0.6 is 15.9 Å². The van der Waals surface area contributed by atoms with E-state index in [2.05, 4.69) is 26.6 Å². The van der Waals surface area contributed by atoms with Gasteiger partial charge in [0.05, 0.1) is 6.04 Å². The lowest BCUT2D eigenvalue weighted by Crippen LogP contribution is -2.38. The summed E-state index contributed by atoms with van der Waals surface area (Å²) in [5.41, 5.74) is 1.66. The van der Waals surface area contributed by atoms with Crippen LogP contribution < -0.4 is 10.6 Å². The van der Waals surface area contributed by atoms with Gasteiger partial charge in [-0.15, -0.1) is 0 Å². The lowest BCUT2D eigenvalue weighted by atomic mass is 10.0. The topological polar surface area (TPSA) is 58.2 Å². The zero-order chi connectivity index (χ0) is 18.2. The molecule has 2 N–H and O–H groups in total. The highest BCUT2D eigenvalue weighted by molar-refractivity contribution is 9.10. The lowest BCUT2D eigenvalue weighted by Gasteiger charge is -2.20. The van der Waals surface area contributed by atoms with Gasteiger partial charge in [0, 0.05) is 22.5 Å². The summed E-state index contributed by atoms with van der Waals surface area (Å²) in [6, 6.07) is 16.7. The van der Waals surface area contributed by atoms with Crippen LogP contribution in [0, 0.1) is 0 Å². The van der Waals surface area contributed by atoms with Gasteiger partial charge in [-0.05, 0) is 43.2 Å². The van der Waals surface area contributed by atoms with Gasteiger partial charge < -0.3 is 10.6 Å². The Labute approximate surface area is 157 Å². The number of hydrogen-bond donors (Lipinski definition) is 2. The molecule has 0 aliphatic rings. The molecule has 2 unspecified atom stereocenters. The van der Waals surface area contributed by atoms with Crippen molar-refractivity contribution in [2.24, 2.45) is 0 Å². The molecular formula is C20H23BrN2O2. The Kier molecular flexibility index (Phi) is 7.19. The highest BCUT2D eigenvalue weighted by atomic mass is 79.9. The van der Waals surface area contributed by atoms with E-state index in [1.807, 2.05) is 56.3 Å². The summed E-state index contributed by atoms with van der Waals surface area (Å²) in [5.74, 6) is -0.239. The van der Waals surface area contributed by atoms with E-state index in [1.165, 1.54) is 0 Å². The number of halogens is 1. The molecule has 132 valence electrons. The van der Waals surface area contributed by atoms with Crippen LogP contribution in [0.4, 0.5) is 0 Å². The quantitative estimate of drug-likeness (QED) is 0.727. The van der Waals surface area contributed by atoms with Crippen LogP contribution in [-0.2, 0) is 4.79 Å². The van der Waals surface area contributed by atoms with Gasteiger partial charge in [0.15, 0.2) is 0 Å². The number of rotatable bonds is 7. The number of amides is 2. The molecule has 0 aromatic heterocycles. The average Bonchev–Trinajstić information content (AvgIpc) is 2.61. The van der Waals surface area contributed by atoms with E-state index in [0.29, 0.717) is 5.56 Å². The Balaban J connectivity index is 1.87. The van der Waals surface area contributed by atoms with Gasteiger partial charge in [0.25, 0.3) is 5.91 Å². The molecule has 0 fully saturated rings. The van der Waals surface area contributed by atoms with Crippen LogP contribution in [0.3, 0.4) is 0 Å². The molecule has 5 heteroatoms. The van der Waals surface area contributed by atoms with Crippen LogP contribution in [0.2, 0.25) is 0 Å². The molecule has 0 aliphatic carbocycles. The van der Waals surface area contributed by atoms with Crippen molar-refractivity contribution in [1.82, 2.24) is 10.6 Å². The molecule has 25 heavy (non-hydrogen) atoms. The number of carbonyl (C=O) groups is 2. The first-order valence-corrected chi connectivity index (χ1v) is 9.19. The van der Waals surface area contributed by atoms with Crippen LogP contribution in [0.5, 0.6) is 0 Å². The number of hydrogen-bond acceptors (Lipinski definition) is 2. The van der Waals surface area contributed by atoms with Crippen molar-refractivity contribution >= 4 is 27.7 Å². The van der Waals surface area contributed by atoms with E-state index in [0.717, 1.165) is 16.5 Å². The third kappa shape index (κ3) is 6.02. The molecule has 0 saturated carbocycles. The fourth-order valence-electron chi connectivity index (χ4n) is 2.60. The third-order valence-electron chi connectivity index (χ3n) is 3.92. The number of nitrogens with one attached hydrogen (secondary N) is 2. The Morgan fingerprint density at radius 1 is 1.00 bits per heavy atom. The lowest BCUT2D eigenvalue weighted by molar-refractivity contribution is -0.122. The van der Waals surface area contributed by atoms with Gasteiger partial charge in [0.1, 0.15) is 0 Å². The second kappa shape index (κ2) is 9.37. The fourth-order valence-corrected chi connectivity index (χ4v) is 2.86. The van der Waals surface area contributed by atoms with Crippen LogP contribution in [0.15, 0.2) is 59.1 Å². The highest BCUT2D eigenvalue weighted by Gasteiger charge is 2.16. The van der Waals surface area contributed by atoms with E-state index >= 15 is 0 Å². The average molecular weight is 403 g/mol. The van der Waals surface area contributed by atoms with Gasteiger partial charge in [0.2, 0.25) is 5.91 Å². The van der Waals surface area contributed by atoms with E-state index in [4.69, 9.17) is 0 Å². The summed E-state index contributed by atoms with van der Waals surface area (Å²) in [5, 5.41) is 5.90. The first-order valence-electron chi connectivity index (χ1n) is 8.40. The molecule has 4 nitrogen and oxygen atoms in total. The maximum atomic E-state index is 12.3. The standard InChI is InChI=1S/C20H23BrN2O2/c1-3-18(15-9-11-17(21)12-10-15)23-19(24)13-14(2)22-20(25)16-7-5-4-6-8-16/h4-12,14,18H,3,13H2,1-2H3,(H,22,25)(H,23,24). The van der Waals surface area contributed by atoms with Crippen molar-refractivity contribution in [1.29, 1.82) is 0 Å². The van der Waals surface area contributed by atoms with Crippen LogP contribution in [-0.4, -0.2) is 17.9 Å². The predicted octanol–water partition coefficient (Wildman–Crippen LogP) is 4.23. The van der Waals surface area contributed by atoms with E-state index in [1.54, 1.807) is 12.1 Å². The van der Waals surface area contributed by atoms with Crippen LogP contribution in [0.25, 0.3) is 0 Å². The summed E-state index contributed by atoms with van der Waals surface area (Å²) < 4.78 is 1.01. The maximum Gasteiger partial charge on any atom is 0.251 e. The highest BCUT2D eigenvalue weighted by Crippen LogP contribution is 2.19. The van der Waals surface area contributed by atoms with E-state index in [9.17, 15) is 9.59 Å². The maximum absolute atomic E-state index is 12.3. The summed E-state index contributed by atoms with van der Waals surface area (Å²) >= 11 is 3.41. The largest absolute Gasteiger partial charge is 0.349 e. The molecule has 2 aromatic carbocycles. The second-order valence-corrected chi connectivity index (χ2v) is 6.94. The Hall–Kier alpha value is -2.14. The normalized spacial score (nSPS) is 12.9. The monoisotopic (exact) mass is 402 g/mol. The minimum absolute atomic E-state index is 0.0300. The summed E-state index contributed by atoms with van der Waals surface area (Å²) in [4.78, 5) is 24.4. The Morgan fingerprint density at radius 3 is 2.24 bits per heavy atom. The van der Waals surface area contributed by atoms with Crippen molar-refractivity contribution in [3.05, 3.63) is 70.2 Å². The Morgan fingerprint density at radius 2 is 1.64 bits per heavy atom. The smallest absolute Gasteiger partial charge is 0.251 e. The van der Waals surface area contributed by atoms with Gasteiger partial charge in [-0.25, -0.2) is 0 Å². The first-order chi connectivity index (χ1) is 12.0. The van der Waals surface area contributed by atoms with Gasteiger partial charge in [-0.1, -0.05) is 53.2 Å². The van der Waals surface area contributed by atoms with Gasteiger partial charge >= 0.3 is 0 Å². The van der Waals surface area contributed by atoms with E-state index < -0.39 is 0 Å². The molecule has 0 spiro atoms. The molecule has 0 aliphatic heterocycles. The van der Waals surface area contributed by atoms with Crippen molar-refractivity contribution in [2.45, 2.75) is 38.8 Å².